The standard InChI is InChI=1S/C23H31ClN6O2/c1-6-32-21-17(15(5)30-23-20(14(4)28-30)22(25)26-11-27-23)7-18(24)13(3)19(21)16-9-29(10-16)8-12(2)31/h7,11-12,15-16,31H,6,8-10H2,1-5H3,(H2,25,26,27)/t12-,15?/m0/s1. The number of aliphatic hydroxyl groups excluding tert-OH is 1. The van der Waals surface area contributed by atoms with E-state index in [1.165, 1.54) is 6.33 Å². The lowest BCUT2D eigenvalue weighted by Crippen LogP contribution is -2.48. The number of nitrogens with zero attached hydrogens (tertiary/aromatic N) is 5. The van der Waals surface area contributed by atoms with Crippen molar-refractivity contribution in [2.24, 2.45) is 0 Å². The van der Waals surface area contributed by atoms with Gasteiger partial charge in [0, 0.05) is 41.7 Å². The zero-order chi connectivity index (χ0) is 23.2. The van der Waals surface area contributed by atoms with Crippen molar-refractivity contribution >= 4 is 28.5 Å². The summed E-state index contributed by atoms with van der Waals surface area (Å²) in [6.07, 6.45) is 1.12. The fourth-order valence-corrected chi connectivity index (χ4v) is 4.94. The molecule has 0 saturated carbocycles. The summed E-state index contributed by atoms with van der Waals surface area (Å²) in [7, 11) is 0. The number of fused-ring (bicyclic) bond motifs is 1. The van der Waals surface area contributed by atoms with Gasteiger partial charge in [0.2, 0.25) is 0 Å². The molecule has 32 heavy (non-hydrogen) atoms. The molecule has 2 aromatic heterocycles. The molecule has 3 heterocycles. The highest BCUT2D eigenvalue weighted by molar-refractivity contribution is 6.31. The Labute approximate surface area is 193 Å². The van der Waals surface area contributed by atoms with Crippen LogP contribution in [0.3, 0.4) is 0 Å². The van der Waals surface area contributed by atoms with E-state index in [0.29, 0.717) is 35.6 Å². The van der Waals surface area contributed by atoms with Crippen LogP contribution in [0.1, 0.15) is 55.1 Å². The van der Waals surface area contributed by atoms with Gasteiger partial charge in [-0.25, -0.2) is 14.6 Å². The molecule has 2 atom stereocenters. The Bertz CT molecular complexity index is 1140. The average Bonchev–Trinajstić information content (AvgIpc) is 3.05. The first kappa shape index (κ1) is 22.8. The number of hydrogen-bond donors (Lipinski definition) is 2. The normalized spacial score (nSPS) is 16.8. The molecule has 0 spiro atoms. The van der Waals surface area contributed by atoms with E-state index >= 15 is 0 Å². The van der Waals surface area contributed by atoms with Crippen LogP contribution in [-0.2, 0) is 0 Å². The molecule has 172 valence electrons. The molecule has 1 aliphatic heterocycles. The number of aromatic nitrogens is 4. The monoisotopic (exact) mass is 458 g/mol. The molecule has 1 aliphatic rings. The molecule has 1 unspecified atom stereocenters. The first-order valence-electron chi connectivity index (χ1n) is 11.0. The van der Waals surface area contributed by atoms with Crippen LogP contribution in [0.4, 0.5) is 5.82 Å². The molecule has 1 fully saturated rings. The van der Waals surface area contributed by atoms with Crippen molar-refractivity contribution < 1.29 is 9.84 Å². The predicted octanol–water partition coefficient (Wildman–Crippen LogP) is 3.47. The van der Waals surface area contributed by atoms with E-state index in [4.69, 9.17) is 27.2 Å². The molecule has 0 bridgehead atoms. The summed E-state index contributed by atoms with van der Waals surface area (Å²) in [4.78, 5) is 10.8. The summed E-state index contributed by atoms with van der Waals surface area (Å²) in [5.74, 6) is 1.59. The number of benzene rings is 1. The Kier molecular flexibility index (Phi) is 6.29. The van der Waals surface area contributed by atoms with E-state index in [1.807, 2.05) is 38.4 Å². The molecule has 0 radical (unpaired) electrons. The molecule has 8 nitrogen and oxygen atoms in total. The number of aliphatic hydroxyl groups is 1. The van der Waals surface area contributed by atoms with Gasteiger partial charge < -0.3 is 15.6 Å². The third-order valence-electron chi connectivity index (χ3n) is 6.24. The largest absolute Gasteiger partial charge is 0.493 e. The number of nitrogens with two attached hydrogens (primary N) is 1. The first-order valence-corrected chi connectivity index (χ1v) is 11.4. The smallest absolute Gasteiger partial charge is 0.164 e. The number of likely N-dealkylation sites (tertiary alicyclic amines) is 1. The molecule has 0 aliphatic carbocycles. The lowest BCUT2D eigenvalue weighted by Gasteiger charge is -2.42. The zero-order valence-corrected chi connectivity index (χ0v) is 20.0. The van der Waals surface area contributed by atoms with Crippen LogP contribution < -0.4 is 10.5 Å². The van der Waals surface area contributed by atoms with Crippen molar-refractivity contribution in [2.45, 2.75) is 52.7 Å². The maximum atomic E-state index is 9.72. The Hall–Kier alpha value is -2.42. The Morgan fingerprint density at radius 2 is 2.00 bits per heavy atom. The van der Waals surface area contributed by atoms with Crippen molar-refractivity contribution in [3.8, 4) is 5.75 Å². The molecular formula is C23H31ClN6O2. The van der Waals surface area contributed by atoms with E-state index in [9.17, 15) is 5.11 Å². The maximum Gasteiger partial charge on any atom is 0.164 e. The van der Waals surface area contributed by atoms with Gasteiger partial charge in [-0.2, -0.15) is 5.10 Å². The minimum absolute atomic E-state index is 0.174. The van der Waals surface area contributed by atoms with Gasteiger partial charge in [-0.15, -0.1) is 0 Å². The van der Waals surface area contributed by atoms with Crippen molar-refractivity contribution in [3.05, 3.63) is 39.8 Å². The van der Waals surface area contributed by atoms with Crippen LogP contribution >= 0.6 is 11.6 Å². The van der Waals surface area contributed by atoms with Crippen molar-refractivity contribution in [1.29, 1.82) is 0 Å². The average molecular weight is 459 g/mol. The number of ether oxygens (including phenoxy) is 1. The number of halogens is 1. The number of hydrogen-bond acceptors (Lipinski definition) is 7. The lowest BCUT2D eigenvalue weighted by atomic mass is 9.85. The van der Waals surface area contributed by atoms with Crippen LogP contribution in [0, 0.1) is 13.8 Å². The predicted molar refractivity (Wildman–Crippen MR) is 127 cm³/mol. The zero-order valence-electron chi connectivity index (χ0n) is 19.3. The van der Waals surface area contributed by atoms with Gasteiger partial charge in [-0.1, -0.05) is 11.6 Å². The molecule has 9 heteroatoms. The van der Waals surface area contributed by atoms with Crippen molar-refractivity contribution in [1.82, 2.24) is 24.6 Å². The number of anilines is 1. The highest BCUT2D eigenvalue weighted by Gasteiger charge is 2.34. The highest BCUT2D eigenvalue weighted by Crippen LogP contribution is 2.44. The van der Waals surface area contributed by atoms with Crippen LogP contribution in [0.25, 0.3) is 11.0 Å². The summed E-state index contributed by atoms with van der Waals surface area (Å²) >= 11 is 6.73. The minimum atomic E-state index is -0.343. The summed E-state index contributed by atoms with van der Waals surface area (Å²) < 4.78 is 8.11. The second kappa shape index (κ2) is 8.84. The topological polar surface area (TPSA) is 102 Å². The minimum Gasteiger partial charge on any atom is -0.493 e. The third-order valence-corrected chi connectivity index (χ3v) is 6.63. The van der Waals surface area contributed by atoms with Crippen LogP contribution in [0.2, 0.25) is 5.02 Å². The maximum absolute atomic E-state index is 9.72. The quantitative estimate of drug-likeness (QED) is 0.558. The molecule has 1 aromatic carbocycles. The molecule has 0 amide bonds. The Morgan fingerprint density at radius 1 is 1.28 bits per heavy atom. The molecular weight excluding hydrogens is 428 g/mol. The van der Waals surface area contributed by atoms with Crippen molar-refractivity contribution in [2.75, 3.05) is 32.0 Å². The number of nitrogen functional groups attached to an aromatic ring is 1. The fraction of sp³-hybridized carbons (Fsp3) is 0.522. The molecule has 4 rings (SSSR count). The first-order chi connectivity index (χ1) is 15.2. The van der Waals surface area contributed by atoms with Gasteiger partial charge in [0.25, 0.3) is 0 Å². The summed E-state index contributed by atoms with van der Waals surface area (Å²) in [6, 6.07) is 1.81. The Balaban J connectivity index is 1.80. The van der Waals surface area contributed by atoms with E-state index in [-0.39, 0.29) is 12.1 Å². The lowest BCUT2D eigenvalue weighted by molar-refractivity contribution is 0.0730. The van der Waals surface area contributed by atoms with Gasteiger partial charge in [-0.05, 0) is 46.2 Å². The summed E-state index contributed by atoms with van der Waals surface area (Å²) in [6.45, 7) is 12.8. The number of aryl methyl sites for hydroxylation is 1. The van der Waals surface area contributed by atoms with Gasteiger partial charge in [0.1, 0.15) is 17.9 Å². The summed E-state index contributed by atoms with van der Waals surface area (Å²) in [5.41, 5.74) is 10.7. The third kappa shape index (κ3) is 3.91. The SMILES string of the molecule is CCOc1c(C(C)n2nc(C)c3c(N)ncnc32)cc(Cl)c(C)c1C1CN(C[C@H](C)O)C1. The van der Waals surface area contributed by atoms with Crippen LogP contribution in [-0.4, -0.2) is 62.1 Å². The van der Waals surface area contributed by atoms with Gasteiger partial charge in [-0.3, -0.25) is 4.90 Å². The van der Waals surface area contributed by atoms with E-state index in [1.54, 1.807) is 0 Å². The van der Waals surface area contributed by atoms with E-state index in [0.717, 1.165) is 46.6 Å². The number of rotatable bonds is 7. The Morgan fingerprint density at radius 3 is 2.66 bits per heavy atom. The van der Waals surface area contributed by atoms with E-state index < -0.39 is 0 Å². The van der Waals surface area contributed by atoms with Crippen LogP contribution in [0.15, 0.2) is 12.4 Å². The second-order valence-electron chi connectivity index (χ2n) is 8.68. The van der Waals surface area contributed by atoms with Gasteiger partial charge in [0.15, 0.2) is 5.65 Å². The number of β-amino-alcohol motifs (C(OH)–C–C–N with tert-alkyl or cyclic N) is 1. The summed E-state index contributed by atoms with van der Waals surface area (Å²) in [5, 5.41) is 15.9. The van der Waals surface area contributed by atoms with Crippen molar-refractivity contribution in [3.63, 3.8) is 0 Å². The molecule has 3 N–H and O–H groups in total. The molecule has 3 aromatic rings. The highest BCUT2D eigenvalue weighted by atomic mass is 35.5. The molecule has 1 saturated heterocycles. The van der Waals surface area contributed by atoms with E-state index in [2.05, 4.69) is 21.8 Å². The van der Waals surface area contributed by atoms with Gasteiger partial charge in [0.05, 0.1) is 29.8 Å². The second-order valence-corrected chi connectivity index (χ2v) is 9.08. The fourth-order valence-electron chi connectivity index (χ4n) is 4.72. The van der Waals surface area contributed by atoms with Gasteiger partial charge >= 0.3 is 0 Å². The van der Waals surface area contributed by atoms with Crippen LogP contribution in [0.5, 0.6) is 5.75 Å².